The molecule has 2 aromatic rings. The maximum absolute atomic E-state index is 14.6. The summed E-state index contributed by atoms with van der Waals surface area (Å²) in [7, 11) is 0. The predicted octanol–water partition coefficient (Wildman–Crippen LogP) is 4.65. The van der Waals surface area contributed by atoms with Gasteiger partial charge in [-0.3, -0.25) is 0 Å². The summed E-state index contributed by atoms with van der Waals surface area (Å²) in [6.45, 7) is 1.87. The second-order valence-corrected chi connectivity index (χ2v) is 8.66. The van der Waals surface area contributed by atoms with E-state index in [1.165, 1.54) is 0 Å². The molecule has 3 unspecified atom stereocenters. The molecule has 0 aliphatic carbocycles. The molecule has 0 saturated carbocycles. The van der Waals surface area contributed by atoms with Crippen molar-refractivity contribution in [3.63, 3.8) is 0 Å². The summed E-state index contributed by atoms with van der Waals surface area (Å²) >= 11 is 3.19. The van der Waals surface area contributed by atoms with E-state index in [1.54, 1.807) is 22.9 Å². The van der Waals surface area contributed by atoms with Crippen LogP contribution in [-0.2, 0) is 20.6 Å². The van der Waals surface area contributed by atoms with Crippen LogP contribution in [0.3, 0.4) is 0 Å². The van der Waals surface area contributed by atoms with Crippen LogP contribution < -0.4 is 0 Å². The Hall–Kier alpha value is -1.32. The molecule has 0 spiro atoms. The van der Waals surface area contributed by atoms with E-state index in [4.69, 9.17) is 14.2 Å². The average molecular weight is 483 g/mol. The Morgan fingerprint density at radius 3 is 2.73 bits per heavy atom. The third-order valence-corrected chi connectivity index (χ3v) is 6.25. The van der Waals surface area contributed by atoms with E-state index < -0.39 is 11.9 Å². The van der Waals surface area contributed by atoms with Crippen LogP contribution in [0.15, 0.2) is 28.9 Å². The molecular formula is C22H28BrFN2O4. The highest BCUT2D eigenvalue weighted by Crippen LogP contribution is 2.31. The lowest BCUT2D eigenvalue weighted by Crippen LogP contribution is -2.23. The normalized spacial score (nSPS) is 23.4. The number of hydrogen-bond donors (Lipinski definition) is 1. The summed E-state index contributed by atoms with van der Waals surface area (Å²) in [5, 5.41) is 15.6. The molecule has 4 rings (SSSR count). The minimum absolute atomic E-state index is 0.159. The van der Waals surface area contributed by atoms with Gasteiger partial charge in [0.05, 0.1) is 16.8 Å². The fourth-order valence-electron chi connectivity index (χ4n) is 3.97. The van der Waals surface area contributed by atoms with E-state index in [0.29, 0.717) is 29.8 Å². The molecule has 8 heteroatoms. The van der Waals surface area contributed by atoms with Gasteiger partial charge in [-0.05, 0) is 72.5 Å². The zero-order valence-corrected chi connectivity index (χ0v) is 18.5. The highest BCUT2D eigenvalue weighted by atomic mass is 79.9. The van der Waals surface area contributed by atoms with E-state index in [1.807, 2.05) is 6.20 Å². The molecule has 0 amide bonds. The van der Waals surface area contributed by atoms with Crippen molar-refractivity contribution in [2.24, 2.45) is 0 Å². The van der Waals surface area contributed by atoms with Crippen LogP contribution in [0.25, 0.3) is 0 Å². The standard InChI is InChI=1S/C22H28BrFN2O4/c23-17-7-5-6-16(20(17)24)22(27)21-15(10-13-30-19-9-2-4-12-29-19)14-26(25-21)18-8-1-3-11-28-18/h5-7,14,18-19,22,27H,1-4,8-13H2. The lowest BCUT2D eigenvalue weighted by atomic mass is 10.0. The van der Waals surface area contributed by atoms with Crippen molar-refractivity contribution in [3.8, 4) is 0 Å². The highest BCUT2D eigenvalue weighted by molar-refractivity contribution is 9.10. The van der Waals surface area contributed by atoms with Crippen molar-refractivity contribution in [1.29, 1.82) is 0 Å². The predicted molar refractivity (Wildman–Crippen MR) is 112 cm³/mol. The maximum Gasteiger partial charge on any atom is 0.157 e. The fraction of sp³-hybridized carbons (Fsp3) is 0.591. The van der Waals surface area contributed by atoms with Crippen LogP contribution in [0.2, 0.25) is 0 Å². The molecular weight excluding hydrogens is 455 g/mol. The van der Waals surface area contributed by atoms with E-state index in [9.17, 15) is 9.50 Å². The first-order chi connectivity index (χ1) is 14.6. The Labute approximate surface area is 184 Å². The number of ether oxygens (including phenoxy) is 3. The minimum atomic E-state index is -1.17. The van der Waals surface area contributed by atoms with Crippen molar-refractivity contribution >= 4 is 15.9 Å². The lowest BCUT2D eigenvalue weighted by Gasteiger charge is -2.23. The Morgan fingerprint density at radius 2 is 2.00 bits per heavy atom. The first-order valence-corrected chi connectivity index (χ1v) is 11.5. The van der Waals surface area contributed by atoms with Gasteiger partial charge < -0.3 is 19.3 Å². The first kappa shape index (κ1) is 21.9. The molecule has 0 radical (unpaired) electrons. The molecule has 1 aromatic heterocycles. The van der Waals surface area contributed by atoms with E-state index in [2.05, 4.69) is 21.0 Å². The molecule has 3 atom stereocenters. The Bertz CT molecular complexity index is 835. The quantitative estimate of drug-likeness (QED) is 0.621. The molecule has 6 nitrogen and oxygen atoms in total. The number of aromatic nitrogens is 2. The molecule has 1 N–H and O–H groups in total. The summed E-state index contributed by atoms with van der Waals surface area (Å²) in [4.78, 5) is 0. The smallest absolute Gasteiger partial charge is 0.157 e. The maximum atomic E-state index is 14.6. The van der Waals surface area contributed by atoms with Gasteiger partial charge in [0.2, 0.25) is 0 Å². The van der Waals surface area contributed by atoms with E-state index in [0.717, 1.165) is 50.7 Å². The summed E-state index contributed by atoms with van der Waals surface area (Å²) in [6.07, 6.45) is 6.99. The van der Waals surface area contributed by atoms with Gasteiger partial charge in [-0.25, -0.2) is 9.07 Å². The molecule has 2 aliphatic rings. The van der Waals surface area contributed by atoms with Crippen LogP contribution in [0.4, 0.5) is 4.39 Å². The molecule has 164 valence electrons. The molecule has 0 bridgehead atoms. The number of benzene rings is 1. The SMILES string of the molecule is OC(c1cccc(Br)c1F)c1nn(C2CCCCO2)cc1CCOC1CCCCO1. The van der Waals surface area contributed by atoms with E-state index in [-0.39, 0.29) is 18.1 Å². The summed E-state index contributed by atoms with van der Waals surface area (Å²) in [6, 6.07) is 4.89. The van der Waals surface area contributed by atoms with E-state index >= 15 is 0 Å². The first-order valence-electron chi connectivity index (χ1n) is 10.7. The van der Waals surface area contributed by atoms with Gasteiger partial charge in [0, 0.05) is 25.0 Å². The van der Waals surface area contributed by atoms with Crippen LogP contribution >= 0.6 is 15.9 Å². The van der Waals surface area contributed by atoms with Crippen molar-refractivity contribution in [3.05, 3.63) is 51.5 Å². The zero-order chi connectivity index (χ0) is 20.9. The molecule has 2 saturated heterocycles. The summed E-state index contributed by atoms with van der Waals surface area (Å²) < 4.78 is 34.0. The van der Waals surface area contributed by atoms with Gasteiger partial charge in [-0.1, -0.05) is 12.1 Å². The molecule has 2 aliphatic heterocycles. The van der Waals surface area contributed by atoms with Crippen LogP contribution in [0.1, 0.15) is 67.7 Å². The molecule has 3 heterocycles. The average Bonchev–Trinajstić information content (AvgIpc) is 3.21. The Balaban J connectivity index is 1.54. The van der Waals surface area contributed by atoms with Crippen LogP contribution in [-0.4, -0.2) is 41.0 Å². The number of rotatable bonds is 7. The third-order valence-electron chi connectivity index (χ3n) is 5.64. The second-order valence-electron chi connectivity index (χ2n) is 7.80. The highest BCUT2D eigenvalue weighted by Gasteiger charge is 2.26. The lowest BCUT2D eigenvalue weighted by molar-refractivity contribution is -0.161. The topological polar surface area (TPSA) is 65.7 Å². The Kier molecular flexibility index (Phi) is 7.54. The molecule has 2 fully saturated rings. The molecule has 1 aromatic carbocycles. The number of aliphatic hydroxyl groups is 1. The van der Waals surface area contributed by atoms with Crippen molar-refractivity contribution < 1.29 is 23.7 Å². The van der Waals surface area contributed by atoms with Gasteiger partial charge in [0.15, 0.2) is 6.29 Å². The largest absolute Gasteiger partial charge is 0.382 e. The van der Waals surface area contributed by atoms with Crippen molar-refractivity contribution in [2.45, 2.75) is 63.6 Å². The van der Waals surface area contributed by atoms with Crippen LogP contribution in [0.5, 0.6) is 0 Å². The number of nitrogens with zero attached hydrogens (tertiary/aromatic N) is 2. The zero-order valence-electron chi connectivity index (χ0n) is 16.9. The molecule has 30 heavy (non-hydrogen) atoms. The summed E-state index contributed by atoms with van der Waals surface area (Å²) in [5.41, 5.74) is 1.46. The van der Waals surface area contributed by atoms with Crippen LogP contribution in [0, 0.1) is 5.82 Å². The number of halogens is 2. The van der Waals surface area contributed by atoms with Crippen molar-refractivity contribution in [1.82, 2.24) is 9.78 Å². The van der Waals surface area contributed by atoms with Gasteiger partial charge in [-0.15, -0.1) is 0 Å². The van der Waals surface area contributed by atoms with Gasteiger partial charge in [0.25, 0.3) is 0 Å². The van der Waals surface area contributed by atoms with Gasteiger partial charge >= 0.3 is 0 Å². The van der Waals surface area contributed by atoms with Gasteiger partial charge in [0.1, 0.15) is 18.1 Å². The third kappa shape index (κ3) is 5.11. The van der Waals surface area contributed by atoms with Gasteiger partial charge in [-0.2, -0.15) is 5.10 Å². The number of hydrogen-bond acceptors (Lipinski definition) is 5. The fourth-order valence-corrected chi connectivity index (χ4v) is 4.35. The monoisotopic (exact) mass is 482 g/mol. The number of aliphatic hydroxyl groups excluding tert-OH is 1. The Morgan fingerprint density at radius 1 is 1.20 bits per heavy atom. The minimum Gasteiger partial charge on any atom is -0.382 e. The summed E-state index contributed by atoms with van der Waals surface area (Å²) in [5.74, 6) is -0.480. The van der Waals surface area contributed by atoms with Crippen molar-refractivity contribution in [2.75, 3.05) is 19.8 Å². The second kappa shape index (κ2) is 10.3.